The maximum absolute atomic E-state index is 3.88. The van der Waals surface area contributed by atoms with E-state index in [2.05, 4.69) is 31.0 Å². The van der Waals surface area contributed by atoms with E-state index in [0.717, 1.165) is 0 Å². The van der Waals surface area contributed by atoms with Crippen molar-refractivity contribution in [2.45, 2.75) is 76.8 Å². The van der Waals surface area contributed by atoms with Crippen LogP contribution in [0.3, 0.4) is 0 Å². The van der Waals surface area contributed by atoms with Crippen molar-refractivity contribution in [2.24, 2.45) is 0 Å². The zero-order valence-electron chi connectivity index (χ0n) is 12.0. The highest BCUT2D eigenvalue weighted by Crippen LogP contribution is 2.33. The van der Waals surface area contributed by atoms with Crippen LogP contribution in [0.25, 0.3) is 0 Å². The molecule has 1 N–H and O–H groups in total. The van der Waals surface area contributed by atoms with Gasteiger partial charge in [0.25, 0.3) is 0 Å². The van der Waals surface area contributed by atoms with Gasteiger partial charge in [-0.3, -0.25) is 4.90 Å². The van der Waals surface area contributed by atoms with Gasteiger partial charge in [0, 0.05) is 17.6 Å². The van der Waals surface area contributed by atoms with Gasteiger partial charge in [-0.1, -0.05) is 26.2 Å². The average molecular weight is 238 g/mol. The summed E-state index contributed by atoms with van der Waals surface area (Å²) in [6, 6.07) is 0. The van der Waals surface area contributed by atoms with E-state index in [0.29, 0.717) is 11.1 Å². The Labute approximate surface area is 107 Å². The lowest BCUT2D eigenvalue weighted by molar-refractivity contribution is 0.0755. The summed E-state index contributed by atoms with van der Waals surface area (Å²) >= 11 is 0. The van der Waals surface area contributed by atoms with Gasteiger partial charge in [0.2, 0.25) is 0 Å². The van der Waals surface area contributed by atoms with E-state index in [1.54, 1.807) is 0 Å². The summed E-state index contributed by atoms with van der Waals surface area (Å²) < 4.78 is 0. The fourth-order valence-corrected chi connectivity index (χ4v) is 3.43. The molecular formula is C15H30N2. The molecule has 0 unspecified atom stereocenters. The summed E-state index contributed by atoms with van der Waals surface area (Å²) in [5.74, 6) is 0. The fraction of sp³-hybridized carbons (Fsp3) is 1.00. The van der Waals surface area contributed by atoms with Crippen LogP contribution in [-0.2, 0) is 0 Å². The Hall–Kier alpha value is -0.0800. The molecule has 0 amide bonds. The molecular weight excluding hydrogens is 208 g/mol. The lowest BCUT2D eigenvalue weighted by atomic mass is 9.80. The third-order valence-electron chi connectivity index (χ3n) is 5.13. The van der Waals surface area contributed by atoms with Crippen molar-refractivity contribution >= 4 is 0 Å². The van der Waals surface area contributed by atoms with Crippen LogP contribution in [0.15, 0.2) is 0 Å². The van der Waals surface area contributed by atoms with E-state index in [1.165, 1.54) is 64.6 Å². The number of hydrogen-bond donors (Lipinski definition) is 1. The molecule has 1 saturated carbocycles. The molecule has 1 spiro atoms. The van der Waals surface area contributed by atoms with Crippen molar-refractivity contribution in [1.82, 2.24) is 10.2 Å². The summed E-state index contributed by atoms with van der Waals surface area (Å²) in [4.78, 5) is 2.75. The Bertz CT molecular complexity index is 241. The third kappa shape index (κ3) is 3.03. The minimum Gasteiger partial charge on any atom is -0.310 e. The summed E-state index contributed by atoms with van der Waals surface area (Å²) in [6.45, 7) is 10.9. The van der Waals surface area contributed by atoms with Crippen LogP contribution in [-0.4, -0.2) is 35.6 Å². The van der Waals surface area contributed by atoms with Gasteiger partial charge in [0.1, 0.15) is 0 Å². The molecule has 0 aromatic heterocycles. The molecule has 0 radical (unpaired) electrons. The molecule has 2 fully saturated rings. The lowest BCUT2D eigenvalue weighted by Crippen LogP contribution is -2.56. The minimum absolute atomic E-state index is 0.371. The van der Waals surface area contributed by atoms with Gasteiger partial charge in [-0.2, -0.15) is 0 Å². The van der Waals surface area contributed by atoms with Crippen molar-refractivity contribution in [1.29, 1.82) is 0 Å². The predicted molar refractivity (Wildman–Crippen MR) is 74.4 cm³/mol. The van der Waals surface area contributed by atoms with E-state index in [-0.39, 0.29) is 0 Å². The first-order valence-corrected chi connectivity index (χ1v) is 7.58. The second-order valence-corrected chi connectivity index (χ2v) is 6.71. The second kappa shape index (κ2) is 5.27. The van der Waals surface area contributed by atoms with Crippen molar-refractivity contribution in [3.63, 3.8) is 0 Å². The van der Waals surface area contributed by atoms with Crippen LogP contribution >= 0.6 is 0 Å². The monoisotopic (exact) mass is 238 g/mol. The Morgan fingerprint density at radius 2 is 1.82 bits per heavy atom. The van der Waals surface area contributed by atoms with E-state index < -0.39 is 0 Å². The van der Waals surface area contributed by atoms with Gasteiger partial charge < -0.3 is 5.32 Å². The van der Waals surface area contributed by atoms with Gasteiger partial charge in [0.05, 0.1) is 0 Å². The Kier molecular flexibility index (Phi) is 4.14. The molecule has 0 bridgehead atoms. The first kappa shape index (κ1) is 13.4. The molecule has 2 rings (SSSR count). The normalized spacial score (nSPS) is 27.0. The van der Waals surface area contributed by atoms with Crippen LogP contribution in [0.4, 0.5) is 0 Å². The summed E-state index contributed by atoms with van der Waals surface area (Å²) in [6.07, 6.45) is 9.64. The van der Waals surface area contributed by atoms with Crippen molar-refractivity contribution < 1.29 is 0 Å². The Morgan fingerprint density at radius 1 is 1.12 bits per heavy atom. The number of hydrogen-bond acceptors (Lipinski definition) is 2. The molecule has 2 aliphatic rings. The van der Waals surface area contributed by atoms with E-state index in [9.17, 15) is 0 Å². The minimum atomic E-state index is 0.371. The maximum Gasteiger partial charge on any atom is 0.0309 e. The first-order valence-electron chi connectivity index (χ1n) is 7.58. The summed E-state index contributed by atoms with van der Waals surface area (Å²) in [5, 5.41) is 3.88. The van der Waals surface area contributed by atoms with Crippen LogP contribution < -0.4 is 5.32 Å². The topological polar surface area (TPSA) is 15.3 Å². The predicted octanol–water partition coefficient (Wildman–Crippen LogP) is 3.17. The molecule has 1 aliphatic carbocycles. The van der Waals surface area contributed by atoms with E-state index >= 15 is 0 Å². The molecule has 100 valence electrons. The Balaban J connectivity index is 2.08. The molecule has 1 heterocycles. The molecule has 0 aromatic carbocycles. The molecule has 1 aliphatic heterocycles. The van der Waals surface area contributed by atoms with Crippen molar-refractivity contribution in [3.05, 3.63) is 0 Å². The zero-order valence-corrected chi connectivity index (χ0v) is 12.0. The maximum atomic E-state index is 3.88. The molecule has 0 aromatic rings. The second-order valence-electron chi connectivity index (χ2n) is 6.71. The SMILES string of the molecule is CCC(C)(C)N1CCCNC2(CCCCC2)C1. The van der Waals surface area contributed by atoms with E-state index in [4.69, 9.17) is 0 Å². The van der Waals surface area contributed by atoms with Crippen molar-refractivity contribution in [2.75, 3.05) is 19.6 Å². The number of nitrogens with zero attached hydrogens (tertiary/aromatic N) is 1. The zero-order chi connectivity index (χ0) is 12.4. The van der Waals surface area contributed by atoms with Gasteiger partial charge >= 0.3 is 0 Å². The average Bonchev–Trinajstić information content (AvgIpc) is 2.54. The summed E-state index contributed by atoms with van der Waals surface area (Å²) in [7, 11) is 0. The van der Waals surface area contributed by atoms with Gasteiger partial charge in [-0.05, 0) is 52.6 Å². The number of rotatable bonds is 2. The quantitative estimate of drug-likeness (QED) is 0.795. The molecule has 2 nitrogen and oxygen atoms in total. The van der Waals surface area contributed by atoms with Crippen LogP contribution in [0.2, 0.25) is 0 Å². The molecule has 17 heavy (non-hydrogen) atoms. The van der Waals surface area contributed by atoms with Crippen LogP contribution in [0.5, 0.6) is 0 Å². The summed E-state index contributed by atoms with van der Waals surface area (Å²) in [5.41, 5.74) is 0.817. The smallest absolute Gasteiger partial charge is 0.0309 e. The molecule has 2 heteroatoms. The largest absolute Gasteiger partial charge is 0.310 e. The molecule has 1 saturated heterocycles. The third-order valence-corrected chi connectivity index (χ3v) is 5.13. The molecule has 0 atom stereocenters. The number of nitrogens with one attached hydrogen (secondary N) is 1. The highest BCUT2D eigenvalue weighted by molar-refractivity contribution is 4.98. The van der Waals surface area contributed by atoms with Gasteiger partial charge in [-0.15, -0.1) is 0 Å². The van der Waals surface area contributed by atoms with E-state index in [1.807, 2.05) is 0 Å². The highest BCUT2D eigenvalue weighted by Gasteiger charge is 2.38. The Morgan fingerprint density at radius 3 is 2.47 bits per heavy atom. The van der Waals surface area contributed by atoms with Crippen LogP contribution in [0, 0.1) is 0 Å². The lowest BCUT2D eigenvalue weighted by Gasteiger charge is -2.45. The fourth-order valence-electron chi connectivity index (χ4n) is 3.43. The standard InChI is InChI=1S/C15H30N2/c1-4-14(2,3)17-12-8-11-16-15(13-17)9-6-5-7-10-15/h16H,4-13H2,1-3H3. The first-order chi connectivity index (χ1) is 8.08. The van der Waals surface area contributed by atoms with Gasteiger partial charge in [-0.25, -0.2) is 0 Å². The van der Waals surface area contributed by atoms with Crippen molar-refractivity contribution in [3.8, 4) is 0 Å². The van der Waals surface area contributed by atoms with Crippen LogP contribution in [0.1, 0.15) is 65.7 Å². The van der Waals surface area contributed by atoms with Gasteiger partial charge in [0.15, 0.2) is 0 Å². The highest BCUT2D eigenvalue weighted by atomic mass is 15.2.